The van der Waals surface area contributed by atoms with E-state index in [0.29, 0.717) is 29.1 Å². The van der Waals surface area contributed by atoms with E-state index in [4.69, 9.17) is 21.1 Å². The highest BCUT2D eigenvalue weighted by Gasteiger charge is 2.21. The largest absolute Gasteiger partial charge is 0.492 e. The third kappa shape index (κ3) is 7.68. The van der Waals surface area contributed by atoms with E-state index in [0.717, 1.165) is 36.7 Å². The van der Waals surface area contributed by atoms with Gasteiger partial charge in [-0.2, -0.15) is 0 Å². The number of ether oxygens (including phenoxy) is 2. The summed E-state index contributed by atoms with van der Waals surface area (Å²) in [6.45, 7) is 5.86. The van der Waals surface area contributed by atoms with Gasteiger partial charge in [0.25, 0.3) is 0 Å². The van der Waals surface area contributed by atoms with Gasteiger partial charge in [-0.1, -0.05) is 70.4 Å². The maximum Gasteiger partial charge on any atom is 0.159 e. The number of unbranched alkanes of at least 4 members (excludes halogenated alkanes) is 3. The van der Waals surface area contributed by atoms with Crippen molar-refractivity contribution in [2.45, 2.75) is 78.1 Å². The first-order valence-electron chi connectivity index (χ1n) is 12.1. The van der Waals surface area contributed by atoms with Crippen LogP contribution in [0.2, 0.25) is 5.02 Å². The van der Waals surface area contributed by atoms with Crippen LogP contribution in [-0.2, 0) is 0 Å². The number of hydrogen-bond acceptors (Lipinski definition) is 4. The Kier molecular flexibility index (Phi) is 9.92. The molecular formula is C26H37ClN2O2. The summed E-state index contributed by atoms with van der Waals surface area (Å²) in [5.74, 6) is 3.67. The summed E-state index contributed by atoms with van der Waals surface area (Å²) in [7, 11) is 0. The Hall–Kier alpha value is -1.81. The zero-order valence-corrected chi connectivity index (χ0v) is 19.9. The molecule has 0 atom stereocenters. The maximum absolute atomic E-state index is 6.37. The van der Waals surface area contributed by atoms with Gasteiger partial charge < -0.3 is 9.47 Å². The molecule has 1 saturated carbocycles. The molecule has 0 aliphatic heterocycles. The number of rotatable bonds is 12. The number of hydrogen-bond donors (Lipinski definition) is 0. The average molecular weight is 445 g/mol. The van der Waals surface area contributed by atoms with Gasteiger partial charge in [-0.05, 0) is 49.3 Å². The van der Waals surface area contributed by atoms with Crippen LogP contribution in [0.5, 0.6) is 11.5 Å². The van der Waals surface area contributed by atoms with Crippen LogP contribution in [0.1, 0.15) is 78.1 Å². The summed E-state index contributed by atoms with van der Waals surface area (Å²) in [5.41, 5.74) is 0.876. The lowest BCUT2D eigenvalue weighted by Crippen LogP contribution is -2.20. The Morgan fingerprint density at radius 2 is 1.61 bits per heavy atom. The quantitative estimate of drug-likeness (QED) is 0.314. The molecule has 0 radical (unpaired) electrons. The zero-order chi connectivity index (χ0) is 21.9. The molecule has 170 valence electrons. The number of aromatic nitrogens is 2. The zero-order valence-electron chi connectivity index (χ0n) is 19.1. The molecule has 0 amide bonds. The molecule has 1 aromatic heterocycles. The Bertz CT molecular complexity index is 773. The SMILES string of the molecule is CCCCC[C@H]1CC[C@H](COc2cnc(-c3ccc(OCCCC)c(Cl)c3)nc2)CC1. The van der Waals surface area contributed by atoms with Crippen molar-refractivity contribution < 1.29 is 9.47 Å². The fraction of sp³-hybridized carbons (Fsp3) is 0.615. The lowest BCUT2D eigenvalue weighted by Gasteiger charge is -2.28. The van der Waals surface area contributed by atoms with Gasteiger partial charge in [0.05, 0.1) is 30.6 Å². The predicted octanol–water partition coefficient (Wildman–Crippen LogP) is 7.74. The van der Waals surface area contributed by atoms with Gasteiger partial charge in [0.15, 0.2) is 11.6 Å². The van der Waals surface area contributed by atoms with Gasteiger partial charge in [-0.3, -0.25) is 0 Å². The predicted molar refractivity (Wildman–Crippen MR) is 128 cm³/mol. The van der Waals surface area contributed by atoms with E-state index < -0.39 is 0 Å². The Balaban J connectivity index is 1.45. The van der Waals surface area contributed by atoms with Crippen LogP contribution in [-0.4, -0.2) is 23.2 Å². The molecule has 0 unspecified atom stereocenters. The van der Waals surface area contributed by atoms with E-state index >= 15 is 0 Å². The number of nitrogens with zero attached hydrogens (tertiary/aromatic N) is 2. The topological polar surface area (TPSA) is 44.2 Å². The molecule has 31 heavy (non-hydrogen) atoms. The lowest BCUT2D eigenvalue weighted by molar-refractivity contribution is 0.177. The van der Waals surface area contributed by atoms with Gasteiger partial charge in [0.2, 0.25) is 0 Å². The second-order valence-electron chi connectivity index (χ2n) is 8.78. The fourth-order valence-electron chi connectivity index (χ4n) is 4.21. The number of benzene rings is 1. The van der Waals surface area contributed by atoms with Crippen molar-refractivity contribution in [1.29, 1.82) is 0 Å². The highest BCUT2D eigenvalue weighted by atomic mass is 35.5. The van der Waals surface area contributed by atoms with Crippen molar-refractivity contribution >= 4 is 11.6 Å². The van der Waals surface area contributed by atoms with Crippen LogP contribution < -0.4 is 9.47 Å². The van der Waals surface area contributed by atoms with Crippen molar-refractivity contribution in [1.82, 2.24) is 9.97 Å². The number of halogens is 1. The first-order chi connectivity index (χ1) is 15.2. The highest BCUT2D eigenvalue weighted by Crippen LogP contribution is 2.33. The van der Waals surface area contributed by atoms with Crippen molar-refractivity contribution in [2.75, 3.05) is 13.2 Å². The Morgan fingerprint density at radius 3 is 2.29 bits per heavy atom. The summed E-state index contributed by atoms with van der Waals surface area (Å²) in [4.78, 5) is 8.95. The van der Waals surface area contributed by atoms with Crippen LogP contribution in [0, 0.1) is 11.8 Å². The smallest absolute Gasteiger partial charge is 0.159 e. The first-order valence-corrected chi connectivity index (χ1v) is 12.4. The average Bonchev–Trinajstić information content (AvgIpc) is 2.80. The fourth-order valence-corrected chi connectivity index (χ4v) is 4.44. The van der Waals surface area contributed by atoms with Crippen LogP contribution in [0.4, 0.5) is 0 Å². The first kappa shape index (κ1) is 23.8. The molecule has 1 heterocycles. The van der Waals surface area contributed by atoms with E-state index in [-0.39, 0.29) is 0 Å². The highest BCUT2D eigenvalue weighted by molar-refractivity contribution is 6.32. The second-order valence-corrected chi connectivity index (χ2v) is 9.19. The van der Waals surface area contributed by atoms with Gasteiger partial charge in [-0.15, -0.1) is 0 Å². The lowest BCUT2D eigenvalue weighted by atomic mass is 9.80. The third-order valence-corrected chi connectivity index (χ3v) is 6.54. The molecule has 0 bridgehead atoms. The molecule has 1 aromatic carbocycles. The summed E-state index contributed by atoms with van der Waals surface area (Å²) in [6.07, 6.45) is 16.4. The van der Waals surface area contributed by atoms with E-state index in [1.54, 1.807) is 12.4 Å². The summed E-state index contributed by atoms with van der Waals surface area (Å²) in [6, 6.07) is 5.69. The molecule has 4 nitrogen and oxygen atoms in total. The molecule has 0 N–H and O–H groups in total. The molecule has 1 fully saturated rings. The summed E-state index contributed by atoms with van der Waals surface area (Å²) < 4.78 is 11.7. The normalized spacial score (nSPS) is 18.7. The molecule has 5 heteroatoms. The molecular weight excluding hydrogens is 408 g/mol. The van der Waals surface area contributed by atoms with Crippen molar-refractivity contribution in [3.8, 4) is 22.9 Å². The molecule has 0 saturated heterocycles. The van der Waals surface area contributed by atoms with Gasteiger partial charge in [0.1, 0.15) is 5.75 Å². The van der Waals surface area contributed by atoms with Gasteiger partial charge in [-0.25, -0.2) is 9.97 Å². The molecule has 3 rings (SSSR count). The van der Waals surface area contributed by atoms with E-state index in [9.17, 15) is 0 Å². The molecule has 1 aliphatic rings. The van der Waals surface area contributed by atoms with E-state index in [2.05, 4.69) is 23.8 Å². The summed E-state index contributed by atoms with van der Waals surface area (Å²) >= 11 is 6.37. The van der Waals surface area contributed by atoms with Crippen LogP contribution in [0.25, 0.3) is 11.4 Å². The van der Waals surface area contributed by atoms with E-state index in [1.165, 1.54) is 51.4 Å². The standard InChI is InChI=1S/C26H37ClN2O2/c1-3-5-7-8-20-9-11-21(12-10-20)19-31-23-17-28-26(29-18-23)22-13-14-25(24(27)16-22)30-15-6-4-2/h13-14,16-18,20-21H,3-12,15,19H2,1-2H3/t20-,21-. The van der Waals surface area contributed by atoms with Crippen molar-refractivity contribution in [3.63, 3.8) is 0 Å². The maximum atomic E-state index is 6.37. The van der Waals surface area contributed by atoms with Crippen LogP contribution in [0.3, 0.4) is 0 Å². The van der Waals surface area contributed by atoms with Crippen LogP contribution in [0.15, 0.2) is 30.6 Å². The van der Waals surface area contributed by atoms with Crippen LogP contribution >= 0.6 is 11.6 Å². The third-order valence-electron chi connectivity index (χ3n) is 6.24. The van der Waals surface area contributed by atoms with Gasteiger partial charge in [0, 0.05) is 5.56 Å². The minimum Gasteiger partial charge on any atom is -0.492 e. The molecule has 0 spiro atoms. The van der Waals surface area contributed by atoms with Gasteiger partial charge >= 0.3 is 0 Å². The molecule has 2 aromatic rings. The monoisotopic (exact) mass is 444 g/mol. The minimum absolute atomic E-state index is 0.586. The Labute approximate surface area is 192 Å². The van der Waals surface area contributed by atoms with Crippen molar-refractivity contribution in [2.24, 2.45) is 11.8 Å². The summed E-state index contributed by atoms with van der Waals surface area (Å²) in [5, 5.41) is 0.586. The van der Waals surface area contributed by atoms with E-state index in [1.807, 2.05) is 18.2 Å². The molecule has 1 aliphatic carbocycles. The minimum atomic E-state index is 0.586. The van der Waals surface area contributed by atoms with Crippen molar-refractivity contribution in [3.05, 3.63) is 35.6 Å². The Morgan fingerprint density at radius 1 is 0.903 bits per heavy atom. The second kappa shape index (κ2) is 12.9.